The maximum absolute atomic E-state index is 13.8. The van der Waals surface area contributed by atoms with E-state index in [2.05, 4.69) is 30.2 Å². The summed E-state index contributed by atoms with van der Waals surface area (Å²) in [4.78, 5) is 16.6. The highest BCUT2D eigenvalue weighted by Crippen LogP contribution is 2.30. The third-order valence-corrected chi connectivity index (χ3v) is 4.74. The van der Waals surface area contributed by atoms with Crippen LogP contribution in [0.3, 0.4) is 0 Å². The summed E-state index contributed by atoms with van der Waals surface area (Å²) in [5, 5.41) is 3.12. The molecule has 0 bridgehead atoms. The average molecular weight is 349 g/mol. The molecule has 1 amide bonds. The summed E-state index contributed by atoms with van der Waals surface area (Å²) in [5.74, 6) is -0.841. The summed E-state index contributed by atoms with van der Waals surface area (Å²) in [6.07, 6.45) is 0. The monoisotopic (exact) mass is 348 g/mol. The minimum atomic E-state index is -0.654. The minimum Gasteiger partial charge on any atom is -0.298 e. The molecule has 0 aliphatic heterocycles. The third kappa shape index (κ3) is 3.21. The number of hydrogen-bond donors (Lipinski definition) is 1. The summed E-state index contributed by atoms with van der Waals surface area (Å²) in [6.45, 7) is 4.23. The highest BCUT2D eigenvalue weighted by molar-refractivity contribution is 7.22. The summed E-state index contributed by atoms with van der Waals surface area (Å²) in [6, 6.07) is 10.1. The fourth-order valence-corrected chi connectivity index (χ4v) is 3.39. The molecule has 0 radical (unpaired) electrons. The van der Waals surface area contributed by atoms with Crippen molar-refractivity contribution in [3.05, 3.63) is 58.4 Å². The summed E-state index contributed by atoms with van der Waals surface area (Å²) >= 11 is 7.26. The Morgan fingerprint density at radius 3 is 2.78 bits per heavy atom. The second kappa shape index (κ2) is 6.26. The molecule has 1 N–H and O–H groups in total. The lowest BCUT2D eigenvalue weighted by atomic mass is 10.0. The molecule has 2 aromatic carbocycles. The smallest absolute Gasteiger partial charge is 0.261 e. The molecule has 3 aromatic rings. The summed E-state index contributed by atoms with van der Waals surface area (Å²) in [7, 11) is 0. The molecule has 0 saturated heterocycles. The number of rotatable bonds is 3. The second-order valence-electron chi connectivity index (χ2n) is 5.45. The number of aromatic nitrogens is 1. The number of benzene rings is 2. The van der Waals surface area contributed by atoms with E-state index in [1.165, 1.54) is 35.1 Å². The van der Waals surface area contributed by atoms with Gasteiger partial charge in [0.15, 0.2) is 5.13 Å². The number of carbonyl (C=O) groups excluding carboxylic acids is 1. The van der Waals surface area contributed by atoms with Crippen molar-refractivity contribution in [3.8, 4) is 0 Å². The van der Waals surface area contributed by atoms with E-state index in [0.29, 0.717) is 11.0 Å². The van der Waals surface area contributed by atoms with E-state index in [0.717, 1.165) is 10.2 Å². The number of thiazole rings is 1. The quantitative estimate of drug-likeness (QED) is 0.682. The number of fused-ring (bicyclic) bond motifs is 1. The van der Waals surface area contributed by atoms with Crippen molar-refractivity contribution in [2.75, 3.05) is 5.32 Å². The van der Waals surface area contributed by atoms with E-state index in [-0.39, 0.29) is 10.6 Å². The van der Waals surface area contributed by atoms with E-state index < -0.39 is 11.7 Å². The molecule has 0 atom stereocenters. The highest BCUT2D eigenvalue weighted by Gasteiger charge is 2.17. The fraction of sp³-hybridized carbons (Fsp3) is 0.176. The third-order valence-electron chi connectivity index (χ3n) is 3.49. The van der Waals surface area contributed by atoms with Gasteiger partial charge in [-0.15, -0.1) is 0 Å². The fourth-order valence-electron chi connectivity index (χ4n) is 2.23. The lowest BCUT2D eigenvalue weighted by Crippen LogP contribution is -2.14. The van der Waals surface area contributed by atoms with Crippen LogP contribution in [0.4, 0.5) is 9.52 Å². The molecule has 0 aliphatic rings. The number of anilines is 1. The van der Waals surface area contributed by atoms with Crippen LogP contribution >= 0.6 is 22.9 Å². The first-order chi connectivity index (χ1) is 11.0. The van der Waals surface area contributed by atoms with E-state index in [1.54, 1.807) is 0 Å². The molecule has 23 heavy (non-hydrogen) atoms. The van der Waals surface area contributed by atoms with Gasteiger partial charge in [0, 0.05) is 0 Å². The molecule has 1 heterocycles. The molecule has 118 valence electrons. The molecule has 3 rings (SSSR count). The second-order valence-corrected chi connectivity index (χ2v) is 6.89. The number of nitrogens with one attached hydrogen (secondary N) is 1. The van der Waals surface area contributed by atoms with Gasteiger partial charge in [-0.25, -0.2) is 9.37 Å². The van der Waals surface area contributed by atoms with Gasteiger partial charge in [0.1, 0.15) is 5.82 Å². The van der Waals surface area contributed by atoms with Gasteiger partial charge in [0.2, 0.25) is 0 Å². The summed E-state index contributed by atoms with van der Waals surface area (Å²) < 4.78 is 14.8. The Hall–Kier alpha value is -1.98. The van der Waals surface area contributed by atoms with E-state index in [9.17, 15) is 9.18 Å². The Balaban J connectivity index is 1.91. The van der Waals surface area contributed by atoms with Crippen LogP contribution in [-0.2, 0) is 0 Å². The Bertz CT molecular complexity index is 871. The first-order valence-corrected chi connectivity index (χ1v) is 8.31. The zero-order chi connectivity index (χ0) is 16.6. The van der Waals surface area contributed by atoms with Crippen molar-refractivity contribution >= 4 is 44.2 Å². The van der Waals surface area contributed by atoms with Crippen LogP contribution in [0.15, 0.2) is 36.4 Å². The van der Waals surface area contributed by atoms with E-state index in [1.807, 2.05) is 12.1 Å². The standard InChI is InChI=1S/C17H14ClFN2OS/c1-9(2)10-6-7-13-14(8-10)23-17(20-13)21-16(22)15-11(18)4-3-5-12(15)19/h3-9H,1-2H3,(H,20,21,22). The van der Waals surface area contributed by atoms with Crippen molar-refractivity contribution in [2.45, 2.75) is 19.8 Å². The zero-order valence-corrected chi connectivity index (χ0v) is 14.1. The minimum absolute atomic E-state index is 0.0747. The number of halogens is 2. The maximum atomic E-state index is 13.8. The Labute approximate surface area is 142 Å². The molecule has 0 fully saturated rings. The molecule has 0 unspecified atom stereocenters. The van der Waals surface area contributed by atoms with E-state index in [4.69, 9.17) is 11.6 Å². The SMILES string of the molecule is CC(C)c1ccc2nc(NC(=O)c3c(F)cccc3Cl)sc2c1. The first-order valence-electron chi connectivity index (χ1n) is 7.11. The topological polar surface area (TPSA) is 42.0 Å². The van der Waals surface area contributed by atoms with Crippen molar-refractivity contribution in [1.29, 1.82) is 0 Å². The number of amides is 1. The van der Waals surface area contributed by atoms with Gasteiger partial charge >= 0.3 is 0 Å². The lowest BCUT2D eigenvalue weighted by Gasteiger charge is -2.04. The van der Waals surface area contributed by atoms with Gasteiger partial charge in [0.25, 0.3) is 5.91 Å². The molecule has 0 spiro atoms. The zero-order valence-electron chi connectivity index (χ0n) is 12.6. The van der Waals surface area contributed by atoms with Gasteiger partial charge in [-0.3, -0.25) is 10.1 Å². The number of nitrogens with zero attached hydrogens (tertiary/aromatic N) is 1. The maximum Gasteiger partial charge on any atom is 0.261 e. The van der Waals surface area contributed by atoms with Crippen LogP contribution in [0, 0.1) is 5.82 Å². The predicted molar refractivity (Wildman–Crippen MR) is 93.1 cm³/mol. The predicted octanol–water partition coefficient (Wildman–Crippen LogP) is 5.46. The highest BCUT2D eigenvalue weighted by atomic mass is 35.5. The molecule has 0 aliphatic carbocycles. The van der Waals surface area contributed by atoms with Crippen molar-refractivity contribution in [2.24, 2.45) is 0 Å². The van der Waals surface area contributed by atoms with Gasteiger partial charge in [-0.2, -0.15) is 0 Å². The van der Waals surface area contributed by atoms with Gasteiger partial charge < -0.3 is 0 Å². The Morgan fingerprint density at radius 2 is 2.09 bits per heavy atom. The van der Waals surface area contributed by atoms with Crippen molar-refractivity contribution < 1.29 is 9.18 Å². The molecule has 6 heteroatoms. The largest absolute Gasteiger partial charge is 0.298 e. The van der Waals surface area contributed by atoms with Crippen molar-refractivity contribution in [1.82, 2.24) is 4.98 Å². The van der Waals surface area contributed by atoms with E-state index >= 15 is 0 Å². The van der Waals surface area contributed by atoms with Crippen LogP contribution < -0.4 is 5.32 Å². The van der Waals surface area contributed by atoms with Crippen LogP contribution in [0.1, 0.15) is 35.7 Å². The molecular weight excluding hydrogens is 335 g/mol. The average Bonchev–Trinajstić information content (AvgIpc) is 2.87. The summed E-state index contributed by atoms with van der Waals surface area (Å²) in [5.41, 5.74) is 1.83. The molecule has 0 saturated carbocycles. The van der Waals surface area contributed by atoms with Gasteiger partial charge in [0.05, 0.1) is 20.8 Å². The van der Waals surface area contributed by atoms with Crippen molar-refractivity contribution in [3.63, 3.8) is 0 Å². The van der Waals surface area contributed by atoms with Gasteiger partial charge in [-0.05, 0) is 35.7 Å². The Kier molecular flexibility index (Phi) is 4.33. The molecular formula is C17H14ClFN2OS. The first kappa shape index (κ1) is 15.9. The lowest BCUT2D eigenvalue weighted by molar-refractivity contribution is 0.102. The normalized spacial score (nSPS) is 11.2. The van der Waals surface area contributed by atoms with Crippen LogP contribution in [0.25, 0.3) is 10.2 Å². The van der Waals surface area contributed by atoms with Crippen LogP contribution in [0.5, 0.6) is 0 Å². The van der Waals surface area contributed by atoms with Gasteiger partial charge in [-0.1, -0.05) is 48.9 Å². The van der Waals surface area contributed by atoms with Crippen LogP contribution in [-0.4, -0.2) is 10.9 Å². The Morgan fingerprint density at radius 1 is 1.30 bits per heavy atom. The number of carbonyl (C=O) groups is 1. The van der Waals surface area contributed by atoms with Crippen LogP contribution in [0.2, 0.25) is 5.02 Å². The molecule has 3 nitrogen and oxygen atoms in total. The molecule has 1 aromatic heterocycles. The number of hydrogen-bond acceptors (Lipinski definition) is 3.